The van der Waals surface area contributed by atoms with E-state index in [1.807, 2.05) is 0 Å². The van der Waals surface area contributed by atoms with Crippen LogP contribution in [-0.4, -0.2) is 50.2 Å². The summed E-state index contributed by atoms with van der Waals surface area (Å²) in [6.45, 7) is -0.355. The van der Waals surface area contributed by atoms with Crippen LogP contribution in [0.3, 0.4) is 0 Å². The quantitative estimate of drug-likeness (QED) is 0.521. The molecule has 156 valence electrons. The molecule has 3 N–H and O–H groups in total. The van der Waals surface area contributed by atoms with Gasteiger partial charge in [-0.3, -0.25) is 25.2 Å². The predicted octanol–water partition coefficient (Wildman–Crippen LogP) is 1.00. The van der Waals surface area contributed by atoms with Crippen LogP contribution in [0, 0.1) is 0 Å². The number of carbonyl (C=O) groups is 3. The van der Waals surface area contributed by atoms with Crippen LogP contribution in [0.2, 0.25) is 0 Å². The van der Waals surface area contributed by atoms with Crippen LogP contribution in [0.25, 0.3) is 0 Å². The fraction of sp³-hybridized carbons (Fsp3) is 0.278. The van der Waals surface area contributed by atoms with E-state index in [0.29, 0.717) is 22.9 Å². The van der Waals surface area contributed by atoms with E-state index in [0.717, 1.165) is 4.47 Å². The molecule has 0 aliphatic heterocycles. The monoisotopic (exact) mass is 468 g/mol. The Hall–Kier alpha value is -3.21. The number of carbonyl (C=O) groups excluding carboxylic acids is 3. The van der Waals surface area contributed by atoms with E-state index in [-0.39, 0.29) is 12.1 Å². The zero-order valence-corrected chi connectivity index (χ0v) is 17.9. The molecule has 2 rings (SSSR count). The van der Waals surface area contributed by atoms with Gasteiger partial charge >= 0.3 is 0 Å². The third-order valence-corrected chi connectivity index (χ3v) is 4.29. The highest BCUT2D eigenvalue weighted by atomic mass is 79.9. The van der Waals surface area contributed by atoms with Gasteiger partial charge in [0.25, 0.3) is 17.7 Å². The minimum absolute atomic E-state index is 0.213. The molecule has 1 aromatic carbocycles. The van der Waals surface area contributed by atoms with Gasteiger partial charge in [-0.05, 0) is 34.1 Å². The molecule has 1 aromatic heterocycles. The number of aryl methyl sites for hydroxylation is 1. The molecule has 0 aliphatic rings. The van der Waals surface area contributed by atoms with Gasteiger partial charge in [-0.1, -0.05) is 0 Å². The Morgan fingerprint density at radius 1 is 0.966 bits per heavy atom. The highest BCUT2D eigenvalue weighted by molar-refractivity contribution is 9.10. The molecule has 2 aromatic rings. The number of nitrogens with zero attached hydrogens (tertiary/aromatic N) is 1. The van der Waals surface area contributed by atoms with E-state index < -0.39 is 17.7 Å². The number of ether oxygens (including phenoxy) is 3. The van der Waals surface area contributed by atoms with E-state index in [4.69, 9.17) is 14.2 Å². The molecule has 1 heterocycles. The van der Waals surface area contributed by atoms with Gasteiger partial charge in [-0.15, -0.1) is 0 Å². The van der Waals surface area contributed by atoms with E-state index >= 15 is 0 Å². The number of methoxy groups -OCH3 is 3. The number of halogens is 1. The van der Waals surface area contributed by atoms with E-state index in [2.05, 4.69) is 32.1 Å². The smallest absolute Gasteiger partial charge is 0.286 e. The number of benzene rings is 1. The maximum atomic E-state index is 12.4. The number of aromatic nitrogens is 1. The molecule has 0 fully saturated rings. The first-order chi connectivity index (χ1) is 13.8. The first-order valence-corrected chi connectivity index (χ1v) is 9.09. The number of hydrogen-bond acceptors (Lipinski definition) is 6. The van der Waals surface area contributed by atoms with Crippen molar-refractivity contribution in [2.45, 2.75) is 0 Å². The van der Waals surface area contributed by atoms with Gasteiger partial charge < -0.3 is 24.1 Å². The SMILES string of the molecule is COc1cc(C(=O)NCC(=O)NNC(=O)c2cc(Br)cn2C)cc(OC)c1OC. The molecule has 0 saturated heterocycles. The number of amides is 3. The van der Waals surface area contributed by atoms with Gasteiger partial charge in [0.1, 0.15) is 5.69 Å². The van der Waals surface area contributed by atoms with Gasteiger partial charge in [0.05, 0.1) is 27.9 Å². The summed E-state index contributed by atoms with van der Waals surface area (Å²) in [5.74, 6) is -0.670. The van der Waals surface area contributed by atoms with Crippen LogP contribution >= 0.6 is 15.9 Å². The van der Waals surface area contributed by atoms with E-state index in [9.17, 15) is 14.4 Å². The number of rotatable bonds is 7. The molecule has 0 saturated carbocycles. The first kappa shape index (κ1) is 22.1. The Balaban J connectivity index is 1.94. The Bertz CT molecular complexity index is 902. The Labute approximate surface area is 175 Å². The molecule has 0 bridgehead atoms. The number of hydrogen-bond donors (Lipinski definition) is 3. The lowest BCUT2D eigenvalue weighted by Crippen LogP contribution is -2.46. The summed E-state index contributed by atoms with van der Waals surface area (Å²) < 4.78 is 17.9. The van der Waals surface area contributed by atoms with Gasteiger partial charge in [0.2, 0.25) is 5.75 Å². The molecule has 0 aliphatic carbocycles. The molecule has 0 spiro atoms. The van der Waals surface area contributed by atoms with Gasteiger partial charge in [-0.25, -0.2) is 0 Å². The summed E-state index contributed by atoms with van der Waals surface area (Å²) in [4.78, 5) is 36.3. The Morgan fingerprint density at radius 2 is 1.59 bits per heavy atom. The molecule has 10 nitrogen and oxygen atoms in total. The predicted molar refractivity (Wildman–Crippen MR) is 107 cm³/mol. The van der Waals surface area contributed by atoms with Crippen molar-refractivity contribution in [3.05, 3.63) is 40.1 Å². The third-order valence-electron chi connectivity index (χ3n) is 3.86. The fourth-order valence-electron chi connectivity index (χ4n) is 2.46. The highest BCUT2D eigenvalue weighted by Gasteiger charge is 2.18. The minimum Gasteiger partial charge on any atom is -0.493 e. The fourth-order valence-corrected chi connectivity index (χ4v) is 2.98. The van der Waals surface area contributed by atoms with Crippen molar-refractivity contribution in [2.24, 2.45) is 7.05 Å². The van der Waals surface area contributed by atoms with Crippen LogP contribution in [0.1, 0.15) is 20.8 Å². The maximum Gasteiger partial charge on any atom is 0.286 e. The lowest BCUT2D eigenvalue weighted by molar-refractivity contribution is -0.120. The summed E-state index contributed by atoms with van der Waals surface area (Å²) in [5.41, 5.74) is 5.08. The van der Waals surface area contributed by atoms with Crippen LogP contribution < -0.4 is 30.4 Å². The van der Waals surface area contributed by atoms with Crippen LogP contribution in [0.4, 0.5) is 0 Å². The Kier molecular flexibility index (Phi) is 7.48. The van der Waals surface area contributed by atoms with Gasteiger partial charge in [-0.2, -0.15) is 0 Å². The topological polar surface area (TPSA) is 120 Å². The molecular formula is C18H21BrN4O6. The number of nitrogens with one attached hydrogen (secondary N) is 3. The van der Waals surface area contributed by atoms with Crippen LogP contribution in [-0.2, 0) is 11.8 Å². The molecule has 29 heavy (non-hydrogen) atoms. The van der Waals surface area contributed by atoms with Gasteiger partial charge in [0.15, 0.2) is 11.5 Å². The van der Waals surface area contributed by atoms with Gasteiger partial charge in [0, 0.05) is 23.3 Å². The van der Waals surface area contributed by atoms with Crippen molar-refractivity contribution < 1.29 is 28.6 Å². The van der Waals surface area contributed by atoms with Crippen LogP contribution in [0.15, 0.2) is 28.9 Å². The van der Waals surface area contributed by atoms with E-state index in [1.54, 1.807) is 23.9 Å². The summed E-state index contributed by atoms with van der Waals surface area (Å²) in [7, 11) is 6.01. The molecule has 11 heteroatoms. The zero-order chi connectivity index (χ0) is 21.6. The molecule has 0 unspecified atom stereocenters. The average molecular weight is 469 g/mol. The van der Waals surface area contributed by atoms with E-state index in [1.165, 1.54) is 33.5 Å². The second kappa shape index (κ2) is 9.82. The average Bonchev–Trinajstić information content (AvgIpc) is 3.06. The normalized spacial score (nSPS) is 10.1. The maximum absolute atomic E-state index is 12.4. The van der Waals surface area contributed by atoms with Crippen molar-refractivity contribution >= 4 is 33.7 Å². The minimum atomic E-state index is -0.604. The Morgan fingerprint density at radius 3 is 2.07 bits per heavy atom. The largest absolute Gasteiger partial charge is 0.493 e. The molecule has 0 atom stereocenters. The second-order valence-corrected chi connectivity index (χ2v) is 6.67. The highest BCUT2D eigenvalue weighted by Crippen LogP contribution is 2.38. The summed E-state index contributed by atoms with van der Waals surface area (Å²) in [6.07, 6.45) is 1.70. The van der Waals surface area contributed by atoms with Crippen molar-refractivity contribution in [2.75, 3.05) is 27.9 Å². The summed E-state index contributed by atoms with van der Waals surface area (Å²) in [6, 6.07) is 4.53. The number of hydrazine groups is 1. The van der Waals surface area contributed by atoms with Crippen molar-refractivity contribution in [1.82, 2.24) is 20.7 Å². The second-order valence-electron chi connectivity index (χ2n) is 5.75. The van der Waals surface area contributed by atoms with Crippen LogP contribution in [0.5, 0.6) is 17.2 Å². The standard InChI is InChI=1S/C18H21BrN4O6/c1-23-9-11(19)7-12(23)18(26)22-21-15(24)8-20-17(25)10-5-13(27-2)16(29-4)14(6-10)28-3/h5-7,9H,8H2,1-4H3,(H,20,25)(H,21,24)(H,22,26). The molecular weight excluding hydrogens is 448 g/mol. The summed E-state index contributed by atoms with van der Waals surface area (Å²) in [5, 5.41) is 2.45. The molecule has 3 amide bonds. The molecule has 0 radical (unpaired) electrons. The lowest BCUT2D eigenvalue weighted by atomic mass is 10.1. The zero-order valence-electron chi connectivity index (χ0n) is 16.3. The van der Waals surface area contributed by atoms with Crippen molar-refractivity contribution in [3.8, 4) is 17.2 Å². The van der Waals surface area contributed by atoms with Crippen molar-refractivity contribution in [3.63, 3.8) is 0 Å². The van der Waals surface area contributed by atoms with Crippen molar-refractivity contribution in [1.29, 1.82) is 0 Å². The first-order valence-electron chi connectivity index (χ1n) is 8.30. The summed E-state index contributed by atoms with van der Waals surface area (Å²) >= 11 is 3.26. The lowest BCUT2D eigenvalue weighted by Gasteiger charge is -2.14. The third kappa shape index (κ3) is 5.41.